The lowest BCUT2D eigenvalue weighted by Gasteiger charge is -2.34. The molecule has 0 amide bonds. The molecule has 0 bridgehead atoms. The summed E-state index contributed by atoms with van der Waals surface area (Å²) in [4.78, 5) is 4.49. The molecule has 5 nitrogen and oxygen atoms in total. The van der Waals surface area contributed by atoms with Gasteiger partial charge in [-0.25, -0.2) is 5.90 Å². The van der Waals surface area contributed by atoms with Crippen molar-refractivity contribution in [2.75, 3.05) is 6.61 Å². The number of aliphatic hydroxyl groups excluding tert-OH is 2. The van der Waals surface area contributed by atoms with Gasteiger partial charge in [-0.3, -0.25) is 4.84 Å². The molecule has 1 aliphatic heterocycles. The molecule has 1 heterocycles. The summed E-state index contributed by atoms with van der Waals surface area (Å²) in [7, 11) is 0. The average molecular weight is 289 g/mol. The Bertz CT molecular complexity index is 148. The first-order valence-corrected chi connectivity index (χ1v) is 4.87. The molecule has 0 radical (unpaired) electrons. The summed E-state index contributed by atoms with van der Waals surface area (Å²) < 4.78 is 5.12. The third-order valence-corrected chi connectivity index (χ3v) is 3.07. The van der Waals surface area contributed by atoms with Crippen molar-refractivity contribution in [2.24, 2.45) is 5.90 Å². The number of nitrogens with two attached hydrogens (primary N) is 1. The number of ether oxygens (including phenoxy) is 1. The van der Waals surface area contributed by atoms with E-state index in [2.05, 4.69) is 27.4 Å². The molecule has 0 aromatic rings. The normalized spacial score (nSPS) is 43.0. The van der Waals surface area contributed by atoms with Gasteiger partial charge in [0.2, 0.25) is 0 Å². The Morgan fingerprint density at radius 3 is 2.83 bits per heavy atom. The summed E-state index contributed by atoms with van der Waals surface area (Å²) in [6.45, 7) is -0.222. The van der Waals surface area contributed by atoms with Crippen molar-refractivity contribution in [2.45, 2.75) is 28.8 Å². The summed E-state index contributed by atoms with van der Waals surface area (Å²) in [5.41, 5.74) is 0. The standard InChI is InChI=1S/C6H12INO4/c7-3-1-5(12-8)11-4(2-9)6(3)10/h3-6,9-10H,1-2,8H2/t3-,4+,5+,6-/m0/s1. The zero-order valence-corrected chi connectivity index (χ0v) is 8.55. The fraction of sp³-hybridized carbons (Fsp3) is 1.00. The van der Waals surface area contributed by atoms with Crippen LogP contribution < -0.4 is 5.90 Å². The lowest BCUT2D eigenvalue weighted by molar-refractivity contribution is -0.227. The van der Waals surface area contributed by atoms with E-state index in [9.17, 15) is 5.11 Å². The highest BCUT2D eigenvalue weighted by atomic mass is 127. The van der Waals surface area contributed by atoms with Crippen LogP contribution >= 0.6 is 22.6 Å². The summed E-state index contributed by atoms with van der Waals surface area (Å²) >= 11 is 2.08. The van der Waals surface area contributed by atoms with Crippen molar-refractivity contribution >= 4 is 22.6 Å². The van der Waals surface area contributed by atoms with Crippen LogP contribution in [0.25, 0.3) is 0 Å². The molecule has 0 aliphatic carbocycles. The molecule has 1 rings (SSSR count). The van der Waals surface area contributed by atoms with Crippen molar-refractivity contribution in [1.29, 1.82) is 0 Å². The maximum atomic E-state index is 9.46. The van der Waals surface area contributed by atoms with Gasteiger partial charge in [-0.15, -0.1) is 0 Å². The molecule has 0 spiro atoms. The molecule has 1 saturated heterocycles. The number of halogens is 1. The Hall–Kier alpha value is 0.530. The maximum Gasteiger partial charge on any atom is 0.178 e. The molecule has 6 heteroatoms. The fourth-order valence-electron chi connectivity index (χ4n) is 1.13. The number of aliphatic hydroxyl groups is 2. The summed E-state index contributed by atoms with van der Waals surface area (Å²) in [5, 5.41) is 18.3. The second-order valence-electron chi connectivity index (χ2n) is 2.67. The Kier molecular flexibility index (Phi) is 4.14. The van der Waals surface area contributed by atoms with E-state index in [-0.39, 0.29) is 10.5 Å². The van der Waals surface area contributed by atoms with Crippen LogP contribution in [0.4, 0.5) is 0 Å². The molecule has 12 heavy (non-hydrogen) atoms. The Balaban J connectivity index is 2.52. The van der Waals surface area contributed by atoms with Gasteiger partial charge >= 0.3 is 0 Å². The summed E-state index contributed by atoms with van der Waals surface area (Å²) in [6.07, 6.45) is -1.22. The Morgan fingerprint density at radius 1 is 1.67 bits per heavy atom. The molecule has 0 unspecified atom stereocenters. The topological polar surface area (TPSA) is 84.9 Å². The summed E-state index contributed by atoms with van der Waals surface area (Å²) in [6, 6.07) is 0. The molecule has 0 aromatic carbocycles. The number of rotatable bonds is 2. The van der Waals surface area contributed by atoms with Crippen molar-refractivity contribution in [3.63, 3.8) is 0 Å². The molecule has 1 fully saturated rings. The second-order valence-corrected chi connectivity index (χ2v) is 4.26. The lowest BCUT2D eigenvalue weighted by Crippen LogP contribution is -2.48. The molecule has 4 atom stereocenters. The van der Waals surface area contributed by atoms with Gasteiger partial charge in [0.25, 0.3) is 0 Å². The first-order chi connectivity index (χ1) is 5.69. The van der Waals surface area contributed by atoms with Gasteiger partial charge in [-0.1, -0.05) is 22.6 Å². The molecule has 0 saturated carbocycles. The smallest absolute Gasteiger partial charge is 0.178 e. The van der Waals surface area contributed by atoms with Crippen LogP contribution in [-0.2, 0) is 9.57 Å². The van der Waals surface area contributed by atoms with E-state index in [1.807, 2.05) is 0 Å². The van der Waals surface area contributed by atoms with E-state index < -0.39 is 18.5 Å². The van der Waals surface area contributed by atoms with Gasteiger partial charge < -0.3 is 14.9 Å². The minimum Gasteiger partial charge on any atom is -0.394 e. The third kappa shape index (κ3) is 2.27. The highest BCUT2D eigenvalue weighted by Crippen LogP contribution is 2.25. The van der Waals surface area contributed by atoms with E-state index in [1.165, 1.54) is 0 Å². The first kappa shape index (κ1) is 10.6. The highest BCUT2D eigenvalue weighted by molar-refractivity contribution is 14.1. The van der Waals surface area contributed by atoms with Crippen LogP contribution in [0.1, 0.15) is 6.42 Å². The number of hydrogen-bond donors (Lipinski definition) is 3. The third-order valence-electron chi connectivity index (χ3n) is 1.83. The van der Waals surface area contributed by atoms with Crippen LogP contribution in [0.15, 0.2) is 0 Å². The zero-order valence-electron chi connectivity index (χ0n) is 6.39. The number of hydrogen-bond acceptors (Lipinski definition) is 5. The molecule has 72 valence electrons. The van der Waals surface area contributed by atoms with E-state index in [0.29, 0.717) is 6.42 Å². The monoisotopic (exact) mass is 289 g/mol. The van der Waals surface area contributed by atoms with Gasteiger partial charge in [0, 0.05) is 10.3 Å². The van der Waals surface area contributed by atoms with E-state index in [4.69, 9.17) is 15.7 Å². The predicted octanol–water partition coefficient (Wildman–Crippen LogP) is -0.852. The Labute approximate surface area is 83.9 Å². The van der Waals surface area contributed by atoms with E-state index in [1.54, 1.807) is 0 Å². The van der Waals surface area contributed by atoms with Crippen molar-refractivity contribution in [3.05, 3.63) is 0 Å². The van der Waals surface area contributed by atoms with Crippen LogP contribution in [0, 0.1) is 0 Å². The van der Waals surface area contributed by atoms with Gasteiger partial charge in [0.1, 0.15) is 6.10 Å². The number of alkyl halides is 1. The van der Waals surface area contributed by atoms with Crippen LogP contribution in [0.3, 0.4) is 0 Å². The quantitative estimate of drug-likeness (QED) is 0.350. The molecular weight excluding hydrogens is 277 g/mol. The minimum absolute atomic E-state index is 0.00190. The van der Waals surface area contributed by atoms with Gasteiger partial charge in [0.05, 0.1) is 12.7 Å². The van der Waals surface area contributed by atoms with Gasteiger partial charge in [-0.2, -0.15) is 0 Å². The van der Waals surface area contributed by atoms with Crippen molar-refractivity contribution in [3.8, 4) is 0 Å². The Morgan fingerprint density at radius 2 is 2.33 bits per heavy atom. The largest absolute Gasteiger partial charge is 0.394 e. The predicted molar refractivity (Wildman–Crippen MR) is 49.5 cm³/mol. The highest BCUT2D eigenvalue weighted by Gasteiger charge is 2.36. The minimum atomic E-state index is -0.651. The van der Waals surface area contributed by atoms with E-state index >= 15 is 0 Å². The van der Waals surface area contributed by atoms with Crippen LogP contribution in [0.5, 0.6) is 0 Å². The van der Waals surface area contributed by atoms with Crippen LogP contribution in [-0.4, -0.2) is 39.2 Å². The van der Waals surface area contributed by atoms with E-state index in [0.717, 1.165) is 0 Å². The van der Waals surface area contributed by atoms with Gasteiger partial charge in [-0.05, 0) is 0 Å². The molecule has 0 aromatic heterocycles. The SMILES string of the molecule is NO[C@@H]1C[C@H](I)[C@H](O)[C@@H](CO)O1. The van der Waals surface area contributed by atoms with Crippen LogP contribution in [0.2, 0.25) is 0 Å². The van der Waals surface area contributed by atoms with Crippen molar-refractivity contribution < 1.29 is 19.8 Å². The zero-order chi connectivity index (χ0) is 9.14. The second kappa shape index (κ2) is 4.68. The maximum absolute atomic E-state index is 9.46. The molecule has 4 N–H and O–H groups in total. The van der Waals surface area contributed by atoms with Gasteiger partial charge in [0.15, 0.2) is 6.29 Å². The first-order valence-electron chi connectivity index (χ1n) is 3.63. The summed E-state index contributed by atoms with van der Waals surface area (Å²) in [5.74, 6) is 4.94. The van der Waals surface area contributed by atoms with Crippen molar-refractivity contribution in [1.82, 2.24) is 0 Å². The fourth-order valence-corrected chi connectivity index (χ4v) is 2.00. The molecular formula is C6H12INO4. The average Bonchev–Trinajstić information content (AvgIpc) is 2.09. The molecule has 1 aliphatic rings. The lowest BCUT2D eigenvalue weighted by atomic mass is 10.1.